The molecule has 0 bridgehead atoms. The van der Waals surface area contributed by atoms with E-state index >= 15 is 0 Å². The largest absolute Gasteiger partial charge is 0.510 e. The number of nitrogens with zero attached hydrogens (tertiary/aromatic N) is 1. The van der Waals surface area contributed by atoms with Crippen molar-refractivity contribution in [2.75, 3.05) is 14.1 Å². The third-order valence-electron chi connectivity index (χ3n) is 8.37. The van der Waals surface area contributed by atoms with Crippen molar-refractivity contribution in [1.29, 1.82) is 0 Å². The highest BCUT2D eigenvalue weighted by molar-refractivity contribution is 7.38. The van der Waals surface area contributed by atoms with Gasteiger partial charge in [0.15, 0.2) is 17.2 Å². The van der Waals surface area contributed by atoms with E-state index in [0.29, 0.717) is 5.56 Å². The first-order valence-corrected chi connectivity index (χ1v) is 14.6. The molecule has 2 aromatic rings. The number of aliphatic hydroxyl groups excluding tert-OH is 3. The number of aromatic hydroxyl groups is 1. The second-order valence-electron chi connectivity index (χ2n) is 11.1. The summed E-state index contributed by atoms with van der Waals surface area (Å²) >= 11 is 0. The standard InChI is InChI=1S/C22H24N2O8.C7H9O3P.ClH/c1-21(31)8-5-4-6-11(25)12(8)16(26)13-9(21)7-10-15(24(2)3)17(27)14(20(23)30)19(29)22(10,32)18(13)28;8-7(11(9)10)6-4-2-1-3-5-6;/h4-6,9-10,15,25,27-28,31-32H,7H2,1-3H3,(H2,23,30);1-5,7-8,11H,(H,9,10);1H/t9-,10-,15-,21+,22-;;/m0../s1. The van der Waals surface area contributed by atoms with Crippen LogP contribution < -0.4 is 5.73 Å². The molecule has 1 amide bonds. The summed E-state index contributed by atoms with van der Waals surface area (Å²) in [5.74, 6) is -9.11. The van der Waals surface area contributed by atoms with E-state index in [1.165, 1.54) is 44.1 Å². The minimum absolute atomic E-state index is 0. The van der Waals surface area contributed by atoms with Gasteiger partial charge in [0.1, 0.15) is 22.8 Å². The summed E-state index contributed by atoms with van der Waals surface area (Å²) in [6.45, 7) is 1.40. The average Bonchev–Trinajstić information content (AvgIpc) is 2.93. The number of rotatable bonds is 4. The van der Waals surface area contributed by atoms with E-state index in [9.17, 15) is 44.5 Å². The van der Waals surface area contributed by atoms with E-state index in [0.717, 1.165) is 0 Å². The van der Waals surface area contributed by atoms with Gasteiger partial charge in [-0.3, -0.25) is 23.8 Å². The van der Waals surface area contributed by atoms with E-state index in [4.69, 9.17) is 15.7 Å². The van der Waals surface area contributed by atoms with Gasteiger partial charge in [-0.2, -0.15) is 0 Å². The molecule has 0 radical (unpaired) electrons. The van der Waals surface area contributed by atoms with E-state index in [1.807, 2.05) is 0 Å². The number of carbonyl (C=O) groups is 3. The molecule has 9 N–H and O–H groups in total. The molecule has 15 heteroatoms. The predicted molar refractivity (Wildman–Crippen MR) is 159 cm³/mol. The Morgan fingerprint density at radius 3 is 2.16 bits per heavy atom. The summed E-state index contributed by atoms with van der Waals surface area (Å²) in [6.07, 6.45) is -0.200. The third-order valence-corrected chi connectivity index (χ3v) is 9.17. The van der Waals surface area contributed by atoms with E-state index < -0.39 is 88.8 Å². The summed E-state index contributed by atoms with van der Waals surface area (Å²) in [5, 5.41) is 64.1. The number of halogens is 1. The molecule has 0 saturated heterocycles. The van der Waals surface area contributed by atoms with Gasteiger partial charge in [0.2, 0.25) is 13.8 Å². The number of nitrogens with two attached hydrogens (primary N) is 1. The van der Waals surface area contributed by atoms with Gasteiger partial charge >= 0.3 is 0 Å². The summed E-state index contributed by atoms with van der Waals surface area (Å²) in [4.78, 5) is 48.4. The number of benzene rings is 2. The average molecular weight is 653 g/mol. The van der Waals surface area contributed by atoms with Gasteiger partial charge in [-0.25, -0.2) is 0 Å². The van der Waals surface area contributed by atoms with Crippen molar-refractivity contribution in [3.63, 3.8) is 0 Å². The highest BCUT2D eigenvalue weighted by Crippen LogP contribution is 2.56. The quantitative estimate of drug-likeness (QED) is 0.172. The van der Waals surface area contributed by atoms with Crippen molar-refractivity contribution in [1.82, 2.24) is 4.90 Å². The summed E-state index contributed by atoms with van der Waals surface area (Å²) in [5.41, 5.74) is -0.169. The van der Waals surface area contributed by atoms with Crippen molar-refractivity contribution in [2.45, 2.75) is 36.4 Å². The van der Waals surface area contributed by atoms with Crippen LogP contribution in [-0.4, -0.2) is 83.6 Å². The number of fused-ring (bicyclic) bond motifs is 3. The third kappa shape index (κ3) is 5.34. The van der Waals surface area contributed by atoms with Crippen LogP contribution in [0.4, 0.5) is 0 Å². The molecule has 0 fully saturated rings. The number of phenolic OH excluding ortho intramolecular Hbond substituents is 1. The van der Waals surface area contributed by atoms with Gasteiger partial charge < -0.3 is 41.3 Å². The highest BCUT2D eigenvalue weighted by Gasteiger charge is 2.65. The molecule has 2 unspecified atom stereocenters. The Bertz CT molecular complexity index is 1590. The summed E-state index contributed by atoms with van der Waals surface area (Å²) in [6, 6.07) is 11.5. The summed E-state index contributed by atoms with van der Waals surface area (Å²) < 4.78 is 10.4. The lowest BCUT2D eigenvalue weighted by molar-refractivity contribution is -0.151. The molecule has 0 aromatic heterocycles. The van der Waals surface area contributed by atoms with E-state index in [2.05, 4.69) is 0 Å². The fourth-order valence-electron chi connectivity index (χ4n) is 6.29. The molecule has 2 aromatic carbocycles. The molecule has 7 atom stereocenters. The fraction of sp³-hybridized carbons (Fsp3) is 0.345. The van der Waals surface area contributed by atoms with Gasteiger partial charge in [0, 0.05) is 17.4 Å². The molecule has 0 aliphatic heterocycles. The number of hydrogen-bond acceptors (Lipinski definition) is 11. The number of aliphatic hydroxyl groups is 5. The number of amides is 1. The number of ketones is 2. The second kappa shape index (κ2) is 12.4. The molecular weight excluding hydrogens is 619 g/mol. The van der Waals surface area contributed by atoms with Crippen LogP contribution in [0.5, 0.6) is 5.75 Å². The minimum Gasteiger partial charge on any atom is -0.510 e. The monoisotopic (exact) mass is 652 g/mol. The molecule has 238 valence electrons. The maximum atomic E-state index is 13.3. The SMILES string of the molecule is CN(C)[C@@H]1C(O)=C(C(N)=O)C(=O)[C@@]2(O)C(O)=C3C(=O)c4c(O)cccc4[C@@](C)(O)[C@H]3C[C@@H]12.Cl.O=[PH](O)C(O)c1ccccc1. The molecule has 3 aliphatic carbocycles. The molecule has 0 saturated carbocycles. The zero-order valence-corrected chi connectivity index (χ0v) is 25.6. The highest BCUT2D eigenvalue weighted by atomic mass is 35.5. The Morgan fingerprint density at radius 1 is 1.05 bits per heavy atom. The zero-order chi connectivity index (χ0) is 32.2. The van der Waals surface area contributed by atoms with Crippen LogP contribution in [0.25, 0.3) is 0 Å². The van der Waals surface area contributed by atoms with Crippen molar-refractivity contribution in [3.05, 3.63) is 87.9 Å². The zero-order valence-electron chi connectivity index (χ0n) is 23.8. The molecule has 13 nitrogen and oxygen atoms in total. The lowest BCUT2D eigenvalue weighted by Gasteiger charge is -2.52. The van der Waals surface area contributed by atoms with Crippen molar-refractivity contribution >= 4 is 37.9 Å². The molecular formula is C29H34ClN2O11P. The van der Waals surface area contributed by atoms with Crippen LogP contribution in [0.2, 0.25) is 0 Å². The Hall–Kier alpha value is -3.55. The van der Waals surface area contributed by atoms with Gasteiger partial charge in [-0.1, -0.05) is 42.5 Å². The number of phenols is 1. The fourth-order valence-corrected chi connectivity index (χ4v) is 6.76. The Labute approximate surface area is 258 Å². The van der Waals surface area contributed by atoms with Gasteiger partial charge in [0.25, 0.3) is 5.91 Å². The topological polar surface area (TPSA) is 239 Å². The minimum atomic E-state index is -2.86. The Balaban J connectivity index is 0.000000374. The Morgan fingerprint density at radius 2 is 1.64 bits per heavy atom. The van der Waals surface area contributed by atoms with Gasteiger partial charge in [-0.05, 0) is 44.6 Å². The van der Waals surface area contributed by atoms with Crippen LogP contribution in [0.15, 0.2) is 71.2 Å². The van der Waals surface area contributed by atoms with Crippen LogP contribution in [0.3, 0.4) is 0 Å². The van der Waals surface area contributed by atoms with Crippen LogP contribution in [0, 0.1) is 11.8 Å². The maximum Gasteiger partial charge on any atom is 0.255 e. The normalized spacial score (nSPS) is 29.0. The lowest BCUT2D eigenvalue weighted by Crippen LogP contribution is -2.65. The molecule has 0 heterocycles. The first kappa shape index (κ1) is 34.9. The molecule has 5 rings (SSSR count). The maximum absolute atomic E-state index is 13.3. The first-order valence-electron chi connectivity index (χ1n) is 13.1. The first-order chi connectivity index (χ1) is 20.0. The molecule has 44 heavy (non-hydrogen) atoms. The van der Waals surface area contributed by atoms with Crippen molar-refractivity contribution in [3.8, 4) is 5.75 Å². The van der Waals surface area contributed by atoms with Crippen molar-refractivity contribution in [2.24, 2.45) is 17.6 Å². The summed E-state index contributed by atoms with van der Waals surface area (Å²) in [7, 11) is 0.203. The van der Waals surface area contributed by atoms with Crippen LogP contribution >= 0.6 is 20.4 Å². The van der Waals surface area contributed by atoms with Crippen molar-refractivity contribution < 1.29 is 54.5 Å². The number of Topliss-reactive ketones (excluding diaryl/α,β-unsaturated/α-hetero) is 2. The number of primary amides is 1. The van der Waals surface area contributed by atoms with E-state index in [1.54, 1.807) is 30.3 Å². The molecule has 0 spiro atoms. The van der Waals surface area contributed by atoms with E-state index in [-0.39, 0.29) is 30.0 Å². The van der Waals surface area contributed by atoms with Crippen LogP contribution in [-0.2, 0) is 19.8 Å². The number of carbonyl (C=O) groups excluding carboxylic acids is 3. The Kier molecular flexibility index (Phi) is 9.88. The van der Waals surface area contributed by atoms with Crippen LogP contribution in [0.1, 0.15) is 40.7 Å². The smallest absolute Gasteiger partial charge is 0.255 e. The predicted octanol–water partition coefficient (Wildman–Crippen LogP) is 1.35. The lowest BCUT2D eigenvalue weighted by atomic mass is 9.55. The number of hydrogen-bond donors (Lipinski definition) is 8. The van der Waals surface area contributed by atoms with Gasteiger partial charge in [0.05, 0.1) is 17.2 Å². The van der Waals surface area contributed by atoms with Gasteiger partial charge in [-0.15, -0.1) is 12.4 Å². The second-order valence-corrected chi connectivity index (χ2v) is 12.3. The number of likely N-dealkylation sites (N-methyl/N-ethyl adjacent to an activating group) is 1. The molecule has 3 aliphatic rings.